The molecule has 0 spiro atoms. The molecule has 94 valence electrons. The molecule has 2 aromatic rings. The molecule has 0 aliphatic rings. The molecule has 0 saturated carbocycles. The minimum atomic E-state index is -0.221. The van der Waals surface area contributed by atoms with Crippen molar-refractivity contribution in [1.29, 1.82) is 0 Å². The predicted octanol–water partition coefficient (Wildman–Crippen LogP) is 2.93. The summed E-state index contributed by atoms with van der Waals surface area (Å²) in [6, 6.07) is 5.66. The summed E-state index contributed by atoms with van der Waals surface area (Å²) in [6.07, 6.45) is 0. The van der Waals surface area contributed by atoms with Crippen LogP contribution in [0.2, 0.25) is 0 Å². The van der Waals surface area contributed by atoms with E-state index in [0.29, 0.717) is 12.2 Å². The van der Waals surface area contributed by atoms with Gasteiger partial charge in [0.25, 0.3) is 5.91 Å². The smallest absolute Gasteiger partial charge is 0.275 e. The Kier molecular flexibility index (Phi) is 4.11. The molecule has 2 rings (SSSR count). The first-order valence-corrected chi connectivity index (χ1v) is 6.99. The molecular formula is C12H12BrN3OS. The number of nitrogens with zero attached hydrogens (tertiary/aromatic N) is 1. The predicted molar refractivity (Wildman–Crippen MR) is 76.8 cm³/mol. The molecule has 3 N–H and O–H groups in total. The van der Waals surface area contributed by atoms with Gasteiger partial charge in [0.05, 0.1) is 0 Å². The number of aryl methyl sites for hydroxylation is 1. The topological polar surface area (TPSA) is 68.0 Å². The third kappa shape index (κ3) is 2.95. The Morgan fingerprint density at radius 1 is 1.56 bits per heavy atom. The summed E-state index contributed by atoms with van der Waals surface area (Å²) in [5.74, 6) is -0.221. The van der Waals surface area contributed by atoms with Crippen LogP contribution in [0.15, 0.2) is 28.1 Å². The second kappa shape index (κ2) is 5.60. The van der Waals surface area contributed by atoms with Crippen LogP contribution in [0.4, 0.5) is 5.69 Å². The Morgan fingerprint density at radius 2 is 2.33 bits per heavy atom. The monoisotopic (exact) mass is 325 g/mol. The molecule has 1 aromatic heterocycles. The molecule has 1 heterocycles. The SMILES string of the molecule is Cc1ccc(NC(=O)c2csc(CN)n2)cc1Br. The highest BCUT2D eigenvalue weighted by Crippen LogP contribution is 2.21. The molecule has 0 aliphatic carbocycles. The zero-order valence-corrected chi connectivity index (χ0v) is 12.1. The average molecular weight is 326 g/mol. The lowest BCUT2D eigenvalue weighted by atomic mass is 10.2. The van der Waals surface area contributed by atoms with Crippen molar-refractivity contribution in [3.05, 3.63) is 44.3 Å². The number of hydrogen-bond donors (Lipinski definition) is 2. The van der Waals surface area contributed by atoms with Gasteiger partial charge in [-0.05, 0) is 24.6 Å². The van der Waals surface area contributed by atoms with Crippen molar-refractivity contribution in [3.8, 4) is 0 Å². The minimum absolute atomic E-state index is 0.221. The third-order valence-electron chi connectivity index (χ3n) is 2.39. The zero-order chi connectivity index (χ0) is 13.1. The van der Waals surface area contributed by atoms with Gasteiger partial charge in [-0.25, -0.2) is 4.98 Å². The van der Waals surface area contributed by atoms with E-state index < -0.39 is 0 Å². The van der Waals surface area contributed by atoms with Gasteiger partial charge in [0.1, 0.15) is 10.7 Å². The first-order chi connectivity index (χ1) is 8.60. The number of benzene rings is 1. The van der Waals surface area contributed by atoms with E-state index in [9.17, 15) is 4.79 Å². The van der Waals surface area contributed by atoms with E-state index in [2.05, 4.69) is 26.2 Å². The van der Waals surface area contributed by atoms with Crippen LogP contribution in [0.3, 0.4) is 0 Å². The van der Waals surface area contributed by atoms with Crippen molar-refractivity contribution in [2.45, 2.75) is 13.5 Å². The molecule has 0 fully saturated rings. The lowest BCUT2D eigenvalue weighted by Gasteiger charge is -2.05. The van der Waals surface area contributed by atoms with Gasteiger partial charge in [-0.1, -0.05) is 22.0 Å². The number of carbonyl (C=O) groups excluding carboxylic acids is 1. The van der Waals surface area contributed by atoms with Crippen molar-refractivity contribution >= 4 is 38.9 Å². The van der Waals surface area contributed by atoms with E-state index in [1.165, 1.54) is 11.3 Å². The van der Waals surface area contributed by atoms with Crippen LogP contribution in [-0.4, -0.2) is 10.9 Å². The van der Waals surface area contributed by atoms with Gasteiger partial charge in [-0.2, -0.15) is 0 Å². The molecule has 18 heavy (non-hydrogen) atoms. The van der Waals surface area contributed by atoms with E-state index in [4.69, 9.17) is 5.73 Å². The number of aromatic nitrogens is 1. The number of thiazole rings is 1. The Hall–Kier alpha value is -1.24. The largest absolute Gasteiger partial charge is 0.325 e. The van der Waals surface area contributed by atoms with E-state index in [1.807, 2.05) is 25.1 Å². The fourth-order valence-corrected chi connectivity index (χ4v) is 2.41. The van der Waals surface area contributed by atoms with Crippen LogP contribution in [0, 0.1) is 6.92 Å². The highest BCUT2D eigenvalue weighted by molar-refractivity contribution is 9.10. The lowest BCUT2D eigenvalue weighted by Crippen LogP contribution is -2.12. The second-order valence-corrected chi connectivity index (χ2v) is 5.55. The molecule has 0 unspecified atom stereocenters. The summed E-state index contributed by atoms with van der Waals surface area (Å²) in [5, 5.41) is 5.26. The van der Waals surface area contributed by atoms with Crippen molar-refractivity contribution in [2.75, 3.05) is 5.32 Å². The Morgan fingerprint density at radius 3 is 2.94 bits per heavy atom. The molecule has 1 aromatic carbocycles. The summed E-state index contributed by atoms with van der Waals surface area (Å²) in [6.45, 7) is 2.34. The molecule has 0 bridgehead atoms. The van der Waals surface area contributed by atoms with Gasteiger partial charge in [0.2, 0.25) is 0 Å². The van der Waals surface area contributed by atoms with Crippen molar-refractivity contribution in [1.82, 2.24) is 4.98 Å². The van der Waals surface area contributed by atoms with Gasteiger partial charge >= 0.3 is 0 Å². The number of carbonyl (C=O) groups is 1. The molecular weight excluding hydrogens is 314 g/mol. The van der Waals surface area contributed by atoms with Crippen LogP contribution in [0.1, 0.15) is 21.1 Å². The van der Waals surface area contributed by atoms with Crippen LogP contribution in [-0.2, 0) is 6.54 Å². The molecule has 0 saturated heterocycles. The quantitative estimate of drug-likeness (QED) is 0.911. The standard InChI is InChI=1S/C12H12BrN3OS/c1-7-2-3-8(4-9(7)13)15-12(17)10-6-18-11(5-14)16-10/h2-4,6H,5,14H2,1H3,(H,15,17). The van der Waals surface area contributed by atoms with Crippen molar-refractivity contribution in [2.24, 2.45) is 5.73 Å². The second-order valence-electron chi connectivity index (χ2n) is 3.75. The van der Waals surface area contributed by atoms with Gasteiger partial charge in [0, 0.05) is 22.1 Å². The number of nitrogens with one attached hydrogen (secondary N) is 1. The van der Waals surface area contributed by atoms with Crippen LogP contribution >= 0.6 is 27.3 Å². The Labute approximate surface area is 117 Å². The fourth-order valence-electron chi connectivity index (χ4n) is 1.37. The molecule has 6 heteroatoms. The Bertz CT molecular complexity index is 582. The summed E-state index contributed by atoms with van der Waals surface area (Å²) >= 11 is 4.81. The minimum Gasteiger partial charge on any atom is -0.325 e. The van der Waals surface area contributed by atoms with E-state index in [0.717, 1.165) is 20.7 Å². The van der Waals surface area contributed by atoms with Crippen molar-refractivity contribution in [3.63, 3.8) is 0 Å². The van der Waals surface area contributed by atoms with E-state index >= 15 is 0 Å². The zero-order valence-electron chi connectivity index (χ0n) is 9.74. The maximum absolute atomic E-state index is 11.9. The molecule has 0 atom stereocenters. The average Bonchev–Trinajstić information content (AvgIpc) is 2.82. The fraction of sp³-hybridized carbons (Fsp3) is 0.167. The number of hydrogen-bond acceptors (Lipinski definition) is 4. The highest BCUT2D eigenvalue weighted by Gasteiger charge is 2.10. The molecule has 0 aliphatic heterocycles. The normalized spacial score (nSPS) is 10.4. The third-order valence-corrected chi connectivity index (χ3v) is 4.11. The number of anilines is 1. The maximum Gasteiger partial charge on any atom is 0.275 e. The van der Waals surface area contributed by atoms with Gasteiger partial charge < -0.3 is 11.1 Å². The van der Waals surface area contributed by atoms with Gasteiger partial charge in [-0.15, -0.1) is 11.3 Å². The van der Waals surface area contributed by atoms with Crippen LogP contribution < -0.4 is 11.1 Å². The molecule has 1 amide bonds. The highest BCUT2D eigenvalue weighted by atomic mass is 79.9. The van der Waals surface area contributed by atoms with Crippen molar-refractivity contribution < 1.29 is 4.79 Å². The van der Waals surface area contributed by atoms with Gasteiger partial charge in [0.15, 0.2) is 0 Å². The number of amides is 1. The van der Waals surface area contributed by atoms with E-state index in [1.54, 1.807) is 5.38 Å². The number of halogens is 1. The van der Waals surface area contributed by atoms with Crippen LogP contribution in [0.5, 0.6) is 0 Å². The first kappa shape index (κ1) is 13.2. The first-order valence-electron chi connectivity index (χ1n) is 5.32. The van der Waals surface area contributed by atoms with Gasteiger partial charge in [-0.3, -0.25) is 4.79 Å². The number of nitrogens with two attached hydrogens (primary N) is 1. The summed E-state index contributed by atoms with van der Waals surface area (Å²) in [5.41, 5.74) is 7.72. The summed E-state index contributed by atoms with van der Waals surface area (Å²) < 4.78 is 0.959. The van der Waals surface area contributed by atoms with E-state index in [-0.39, 0.29) is 5.91 Å². The van der Waals surface area contributed by atoms with Crippen LogP contribution in [0.25, 0.3) is 0 Å². The molecule has 4 nitrogen and oxygen atoms in total. The maximum atomic E-state index is 11.9. The lowest BCUT2D eigenvalue weighted by molar-refractivity contribution is 0.102. The Balaban J connectivity index is 2.13. The number of rotatable bonds is 3. The molecule has 0 radical (unpaired) electrons. The summed E-state index contributed by atoms with van der Waals surface area (Å²) in [4.78, 5) is 16.1. The summed E-state index contributed by atoms with van der Waals surface area (Å²) in [7, 11) is 0.